The van der Waals surface area contributed by atoms with E-state index in [-0.39, 0.29) is 5.69 Å². The predicted octanol–water partition coefficient (Wildman–Crippen LogP) is 3.41. The minimum Gasteiger partial charge on any atom is -0.457 e. The Morgan fingerprint density at radius 3 is 2.86 bits per heavy atom. The number of benzene rings is 1. The Kier molecular flexibility index (Phi) is 5.11. The van der Waals surface area contributed by atoms with E-state index in [1.807, 2.05) is 4.90 Å². The van der Waals surface area contributed by atoms with Crippen LogP contribution in [0.15, 0.2) is 49.3 Å². The quantitative estimate of drug-likeness (QED) is 0.381. The van der Waals surface area contributed by atoms with E-state index in [0.29, 0.717) is 65.0 Å². The van der Waals surface area contributed by atoms with Crippen LogP contribution in [-0.2, 0) is 0 Å². The molecule has 0 amide bonds. The molecule has 5 heterocycles. The van der Waals surface area contributed by atoms with Crippen molar-refractivity contribution in [2.24, 2.45) is 0 Å². The SMILES string of the molecule is Cc1c(Oc2ccn3ncnc3c2)ccc(Nc2ncnc3cnc(N4CC[C@@](C)(O)C4)nc23)c1F. The summed E-state index contributed by atoms with van der Waals surface area (Å²) in [6, 6.07) is 6.72. The normalized spacial score (nSPS) is 17.7. The van der Waals surface area contributed by atoms with Crippen LogP contribution in [0.1, 0.15) is 18.9 Å². The number of anilines is 3. The van der Waals surface area contributed by atoms with E-state index in [0.717, 1.165) is 0 Å². The average molecular weight is 487 g/mol. The van der Waals surface area contributed by atoms with Crippen molar-refractivity contribution in [2.75, 3.05) is 23.3 Å². The van der Waals surface area contributed by atoms with E-state index in [4.69, 9.17) is 4.74 Å². The molecule has 1 fully saturated rings. The number of nitrogens with zero attached hydrogens (tertiary/aromatic N) is 8. The van der Waals surface area contributed by atoms with Crippen molar-refractivity contribution in [3.63, 3.8) is 0 Å². The van der Waals surface area contributed by atoms with Gasteiger partial charge in [-0.15, -0.1) is 0 Å². The lowest BCUT2D eigenvalue weighted by Gasteiger charge is -2.19. The molecule has 6 rings (SSSR count). The molecule has 0 unspecified atom stereocenters. The minimum absolute atomic E-state index is 0.219. The van der Waals surface area contributed by atoms with Crippen LogP contribution in [-0.4, -0.2) is 58.3 Å². The summed E-state index contributed by atoms with van der Waals surface area (Å²) in [5.41, 5.74) is 1.35. The van der Waals surface area contributed by atoms with Gasteiger partial charge in [-0.2, -0.15) is 5.10 Å². The number of pyridine rings is 1. The highest BCUT2D eigenvalue weighted by Gasteiger charge is 2.32. The van der Waals surface area contributed by atoms with Crippen LogP contribution in [0.5, 0.6) is 11.5 Å². The fraction of sp³-hybridized carbons (Fsp3) is 0.250. The number of β-amino-alcohol motifs (C(OH)–C–C–N with tert-alkyl or cyclic N) is 1. The van der Waals surface area contributed by atoms with Crippen molar-refractivity contribution in [1.82, 2.24) is 34.5 Å². The van der Waals surface area contributed by atoms with Gasteiger partial charge in [0.2, 0.25) is 5.95 Å². The summed E-state index contributed by atoms with van der Waals surface area (Å²) in [6.45, 7) is 4.49. The summed E-state index contributed by atoms with van der Waals surface area (Å²) in [7, 11) is 0. The number of nitrogens with one attached hydrogen (secondary N) is 1. The average Bonchev–Trinajstić information content (AvgIpc) is 3.49. The Morgan fingerprint density at radius 2 is 2.03 bits per heavy atom. The maximum atomic E-state index is 15.4. The zero-order valence-corrected chi connectivity index (χ0v) is 19.6. The summed E-state index contributed by atoms with van der Waals surface area (Å²) < 4.78 is 22.9. The molecule has 11 nitrogen and oxygen atoms in total. The Bertz CT molecular complexity index is 1600. The first-order valence-corrected chi connectivity index (χ1v) is 11.3. The zero-order chi connectivity index (χ0) is 24.9. The van der Waals surface area contributed by atoms with Gasteiger partial charge in [0.25, 0.3) is 0 Å². The fourth-order valence-electron chi connectivity index (χ4n) is 4.19. The molecule has 1 aliphatic heterocycles. The molecule has 0 saturated carbocycles. The van der Waals surface area contributed by atoms with E-state index in [2.05, 4.69) is 35.3 Å². The molecule has 1 atom stereocenters. The van der Waals surface area contributed by atoms with Crippen LogP contribution in [0.4, 0.5) is 21.8 Å². The molecular formula is C24H22FN9O2. The number of aliphatic hydroxyl groups is 1. The van der Waals surface area contributed by atoms with Gasteiger partial charge in [0.15, 0.2) is 17.3 Å². The third-order valence-corrected chi connectivity index (χ3v) is 6.17. The highest BCUT2D eigenvalue weighted by Crippen LogP contribution is 2.33. The Morgan fingerprint density at radius 1 is 1.14 bits per heavy atom. The number of aromatic nitrogens is 7. The lowest BCUT2D eigenvalue weighted by molar-refractivity contribution is 0.0838. The van der Waals surface area contributed by atoms with Gasteiger partial charge < -0.3 is 20.1 Å². The molecule has 12 heteroatoms. The second-order valence-corrected chi connectivity index (χ2v) is 9.00. The first kappa shape index (κ1) is 22.0. The number of hydrogen-bond donors (Lipinski definition) is 2. The van der Waals surface area contributed by atoms with E-state index in [1.165, 1.54) is 12.7 Å². The first-order chi connectivity index (χ1) is 17.4. The molecule has 2 N–H and O–H groups in total. The smallest absolute Gasteiger partial charge is 0.226 e. The van der Waals surface area contributed by atoms with Crippen LogP contribution >= 0.6 is 0 Å². The highest BCUT2D eigenvalue weighted by atomic mass is 19.1. The van der Waals surface area contributed by atoms with Crippen LogP contribution in [0.25, 0.3) is 16.7 Å². The van der Waals surface area contributed by atoms with Crippen molar-refractivity contribution in [2.45, 2.75) is 25.9 Å². The molecule has 0 bridgehead atoms. The van der Waals surface area contributed by atoms with Gasteiger partial charge in [0.1, 0.15) is 35.2 Å². The molecule has 0 radical (unpaired) electrons. The molecule has 0 spiro atoms. The van der Waals surface area contributed by atoms with Crippen LogP contribution < -0.4 is 15.0 Å². The second-order valence-electron chi connectivity index (χ2n) is 9.00. The molecular weight excluding hydrogens is 465 g/mol. The van der Waals surface area contributed by atoms with E-state index in [9.17, 15) is 5.11 Å². The van der Waals surface area contributed by atoms with Gasteiger partial charge in [-0.1, -0.05) is 0 Å². The summed E-state index contributed by atoms with van der Waals surface area (Å²) in [5.74, 6) is 1.22. The molecule has 0 aliphatic carbocycles. The maximum Gasteiger partial charge on any atom is 0.226 e. The molecule has 36 heavy (non-hydrogen) atoms. The van der Waals surface area contributed by atoms with Crippen LogP contribution in [0.2, 0.25) is 0 Å². The van der Waals surface area contributed by atoms with Crippen molar-refractivity contribution in [1.29, 1.82) is 0 Å². The van der Waals surface area contributed by atoms with E-state index < -0.39 is 11.4 Å². The molecule has 1 saturated heterocycles. The van der Waals surface area contributed by atoms with Crippen molar-refractivity contribution in [3.05, 3.63) is 60.7 Å². The Labute approximate surface area is 204 Å². The molecule has 1 aromatic carbocycles. The van der Waals surface area contributed by atoms with Crippen LogP contribution in [0.3, 0.4) is 0 Å². The monoisotopic (exact) mass is 487 g/mol. The zero-order valence-electron chi connectivity index (χ0n) is 19.6. The third-order valence-electron chi connectivity index (χ3n) is 6.17. The van der Waals surface area contributed by atoms with Gasteiger partial charge >= 0.3 is 0 Å². The Hall–Kier alpha value is -4.45. The number of fused-ring (bicyclic) bond motifs is 2. The topological polar surface area (TPSA) is 126 Å². The molecule has 182 valence electrons. The summed E-state index contributed by atoms with van der Waals surface area (Å²) in [4.78, 5) is 23.6. The van der Waals surface area contributed by atoms with Crippen molar-refractivity contribution < 1.29 is 14.2 Å². The Balaban J connectivity index is 1.29. The largest absolute Gasteiger partial charge is 0.457 e. The van der Waals surface area contributed by atoms with Crippen LogP contribution in [0, 0.1) is 12.7 Å². The van der Waals surface area contributed by atoms with E-state index in [1.54, 1.807) is 55.0 Å². The van der Waals surface area contributed by atoms with Crippen molar-refractivity contribution >= 4 is 34.1 Å². The van der Waals surface area contributed by atoms with E-state index >= 15 is 4.39 Å². The third kappa shape index (κ3) is 4.01. The fourth-order valence-corrected chi connectivity index (χ4v) is 4.19. The predicted molar refractivity (Wildman–Crippen MR) is 130 cm³/mol. The van der Waals surface area contributed by atoms with Gasteiger partial charge in [-0.3, -0.25) is 0 Å². The second kappa shape index (κ2) is 8.34. The van der Waals surface area contributed by atoms with Gasteiger partial charge in [-0.05, 0) is 38.5 Å². The molecule has 4 aromatic heterocycles. The molecule has 1 aliphatic rings. The standard InChI is InChI=1S/C24H22FN9O2/c1-14-18(36-15-5-7-34-19(9-15)28-13-30-34)4-3-16(20(14)25)31-22-21-17(27-12-29-22)10-26-23(32-21)33-8-6-24(2,35)11-33/h3-5,7,9-10,12-13,35H,6,8,11H2,1-2H3,(H,27,29,31)/t24-/m1/s1. The lowest BCUT2D eigenvalue weighted by atomic mass is 10.1. The number of rotatable bonds is 5. The first-order valence-electron chi connectivity index (χ1n) is 11.3. The summed E-state index contributed by atoms with van der Waals surface area (Å²) >= 11 is 0. The maximum absolute atomic E-state index is 15.4. The van der Waals surface area contributed by atoms with Crippen molar-refractivity contribution in [3.8, 4) is 11.5 Å². The lowest BCUT2D eigenvalue weighted by Crippen LogP contribution is -2.30. The summed E-state index contributed by atoms with van der Waals surface area (Å²) in [6.07, 6.45) is 6.76. The number of halogens is 1. The van der Waals surface area contributed by atoms with Gasteiger partial charge in [0.05, 0.1) is 17.5 Å². The summed E-state index contributed by atoms with van der Waals surface area (Å²) in [5, 5.41) is 17.4. The van der Waals surface area contributed by atoms with Gasteiger partial charge in [0, 0.05) is 30.9 Å². The minimum atomic E-state index is -0.793. The van der Waals surface area contributed by atoms with Gasteiger partial charge in [-0.25, -0.2) is 33.8 Å². The molecule has 5 aromatic rings. The number of ether oxygens (including phenoxy) is 1. The highest BCUT2D eigenvalue weighted by molar-refractivity contribution is 5.87. The number of hydrogen-bond acceptors (Lipinski definition) is 10.